The van der Waals surface area contributed by atoms with E-state index in [0.717, 1.165) is 0 Å². The van der Waals surface area contributed by atoms with Crippen LogP contribution in [-0.2, 0) is 9.59 Å². The van der Waals surface area contributed by atoms with E-state index in [-0.39, 0.29) is 24.3 Å². The molecule has 1 heterocycles. The summed E-state index contributed by atoms with van der Waals surface area (Å²) in [5.74, 6) is -1.18. The zero-order valence-corrected chi connectivity index (χ0v) is 12.9. The number of carbonyl (C=O) groups is 3. The predicted molar refractivity (Wildman–Crippen MR) is 82.3 cm³/mol. The van der Waals surface area contributed by atoms with Crippen LogP contribution in [-0.4, -0.2) is 54.5 Å². The Morgan fingerprint density at radius 1 is 1.30 bits per heavy atom. The summed E-state index contributed by atoms with van der Waals surface area (Å²) in [5, 5.41) is 11.5. The van der Waals surface area contributed by atoms with Crippen LogP contribution in [0.2, 0.25) is 0 Å². The molecule has 1 aliphatic heterocycles. The summed E-state index contributed by atoms with van der Waals surface area (Å²) in [5.41, 5.74) is 0.418. The van der Waals surface area contributed by atoms with Crippen LogP contribution in [0.5, 0.6) is 5.75 Å². The first kappa shape index (κ1) is 16.8. The molecular formula is C16H20N2O5. The van der Waals surface area contributed by atoms with Crippen molar-refractivity contribution in [3.05, 3.63) is 29.8 Å². The fraction of sp³-hybridized carbons (Fsp3) is 0.438. The second-order valence-corrected chi connectivity index (χ2v) is 5.41. The van der Waals surface area contributed by atoms with Gasteiger partial charge in [0.2, 0.25) is 5.91 Å². The normalized spacial score (nSPS) is 15.1. The number of carbonyl (C=O) groups excluding carboxylic acids is 2. The van der Waals surface area contributed by atoms with Gasteiger partial charge in [0.1, 0.15) is 5.75 Å². The van der Waals surface area contributed by atoms with Crippen molar-refractivity contribution >= 4 is 17.8 Å². The van der Waals surface area contributed by atoms with Gasteiger partial charge in [-0.05, 0) is 31.0 Å². The summed E-state index contributed by atoms with van der Waals surface area (Å²) >= 11 is 0. The monoisotopic (exact) mass is 320 g/mol. The molecule has 1 aromatic rings. The van der Waals surface area contributed by atoms with Crippen LogP contribution in [0.1, 0.15) is 23.2 Å². The van der Waals surface area contributed by atoms with Crippen molar-refractivity contribution in [2.24, 2.45) is 5.92 Å². The fourth-order valence-corrected chi connectivity index (χ4v) is 2.51. The highest BCUT2D eigenvalue weighted by atomic mass is 16.5. The van der Waals surface area contributed by atoms with E-state index in [0.29, 0.717) is 37.2 Å². The average Bonchev–Trinajstić information content (AvgIpc) is 2.59. The molecule has 0 aromatic heterocycles. The van der Waals surface area contributed by atoms with Crippen molar-refractivity contribution in [3.8, 4) is 5.75 Å². The molecule has 2 rings (SSSR count). The highest BCUT2D eigenvalue weighted by Gasteiger charge is 2.26. The number of hydrogen-bond acceptors (Lipinski definition) is 4. The molecule has 2 amide bonds. The highest BCUT2D eigenvalue weighted by Crippen LogP contribution is 2.17. The van der Waals surface area contributed by atoms with Crippen molar-refractivity contribution < 1.29 is 24.2 Å². The van der Waals surface area contributed by atoms with Gasteiger partial charge < -0.3 is 20.1 Å². The van der Waals surface area contributed by atoms with Gasteiger partial charge in [-0.1, -0.05) is 6.07 Å². The number of aliphatic carboxylic acids is 1. The largest absolute Gasteiger partial charge is 0.497 e. The topological polar surface area (TPSA) is 95.9 Å². The minimum Gasteiger partial charge on any atom is -0.497 e. The van der Waals surface area contributed by atoms with Gasteiger partial charge in [0, 0.05) is 18.7 Å². The lowest BCUT2D eigenvalue weighted by Crippen LogP contribution is -2.45. The summed E-state index contributed by atoms with van der Waals surface area (Å²) in [6.45, 7) is 0.712. The first-order valence-corrected chi connectivity index (χ1v) is 7.44. The number of nitrogens with zero attached hydrogens (tertiary/aromatic N) is 1. The molecule has 124 valence electrons. The van der Waals surface area contributed by atoms with Crippen LogP contribution in [0.15, 0.2) is 24.3 Å². The van der Waals surface area contributed by atoms with E-state index in [9.17, 15) is 14.4 Å². The number of amides is 2. The maximum atomic E-state index is 12.1. The van der Waals surface area contributed by atoms with Crippen LogP contribution >= 0.6 is 0 Å². The SMILES string of the molecule is COc1cccc(C(=O)NCC(=O)N2CCC(C(=O)O)CC2)c1. The van der Waals surface area contributed by atoms with Crippen molar-refractivity contribution in [2.45, 2.75) is 12.8 Å². The van der Waals surface area contributed by atoms with Crippen LogP contribution in [0.3, 0.4) is 0 Å². The number of rotatable bonds is 5. The van der Waals surface area contributed by atoms with Gasteiger partial charge in [0.25, 0.3) is 5.91 Å². The van der Waals surface area contributed by atoms with E-state index < -0.39 is 5.97 Å². The predicted octanol–water partition coefficient (Wildman–Crippen LogP) is 0.748. The average molecular weight is 320 g/mol. The molecular weight excluding hydrogens is 300 g/mol. The summed E-state index contributed by atoms with van der Waals surface area (Å²) in [4.78, 5) is 36.6. The van der Waals surface area contributed by atoms with Crippen molar-refractivity contribution in [1.82, 2.24) is 10.2 Å². The van der Waals surface area contributed by atoms with Crippen LogP contribution in [0.4, 0.5) is 0 Å². The molecule has 0 spiro atoms. The molecule has 7 nitrogen and oxygen atoms in total. The molecule has 7 heteroatoms. The number of hydrogen-bond donors (Lipinski definition) is 2. The molecule has 0 radical (unpaired) electrons. The van der Waals surface area contributed by atoms with E-state index in [2.05, 4.69) is 5.32 Å². The Bertz CT molecular complexity index is 594. The quantitative estimate of drug-likeness (QED) is 0.834. The van der Waals surface area contributed by atoms with E-state index >= 15 is 0 Å². The van der Waals surface area contributed by atoms with Crippen LogP contribution in [0, 0.1) is 5.92 Å². The van der Waals surface area contributed by atoms with E-state index in [1.165, 1.54) is 7.11 Å². The van der Waals surface area contributed by atoms with Gasteiger partial charge in [-0.2, -0.15) is 0 Å². The highest BCUT2D eigenvalue weighted by molar-refractivity contribution is 5.96. The van der Waals surface area contributed by atoms with Gasteiger partial charge in [-0.3, -0.25) is 14.4 Å². The molecule has 1 aromatic carbocycles. The number of likely N-dealkylation sites (tertiary alicyclic amines) is 1. The molecule has 1 fully saturated rings. The number of ether oxygens (including phenoxy) is 1. The molecule has 23 heavy (non-hydrogen) atoms. The molecule has 1 aliphatic rings. The van der Waals surface area contributed by atoms with E-state index in [1.807, 2.05) is 0 Å². The molecule has 1 saturated heterocycles. The van der Waals surface area contributed by atoms with Crippen molar-refractivity contribution in [3.63, 3.8) is 0 Å². The molecule has 0 bridgehead atoms. The Labute approximate surface area is 134 Å². The number of carboxylic acids is 1. The number of methoxy groups -OCH3 is 1. The van der Waals surface area contributed by atoms with Crippen LogP contribution < -0.4 is 10.1 Å². The van der Waals surface area contributed by atoms with E-state index in [1.54, 1.807) is 29.2 Å². The first-order chi connectivity index (χ1) is 11.0. The molecule has 0 atom stereocenters. The minimum atomic E-state index is -0.816. The van der Waals surface area contributed by atoms with Gasteiger partial charge >= 0.3 is 5.97 Å². The first-order valence-electron chi connectivity index (χ1n) is 7.44. The second kappa shape index (κ2) is 7.62. The maximum absolute atomic E-state index is 12.1. The smallest absolute Gasteiger partial charge is 0.306 e. The molecule has 2 N–H and O–H groups in total. The third-order valence-electron chi connectivity index (χ3n) is 3.93. The number of carboxylic acid groups (broad SMARTS) is 1. The van der Waals surface area contributed by atoms with Crippen molar-refractivity contribution in [1.29, 1.82) is 0 Å². The lowest BCUT2D eigenvalue weighted by molar-refractivity contribution is -0.145. The minimum absolute atomic E-state index is 0.103. The third kappa shape index (κ3) is 4.45. The standard InChI is InChI=1S/C16H20N2O5/c1-23-13-4-2-3-12(9-13)15(20)17-10-14(19)18-7-5-11(6-8-18)16(21)22/h2-4,9,11H,5-8,10H2,1H3,(H,17,20)(H,21,22). The Balaban J connectivity index is 1.82. The zero-order chi connectivity index (χ0) is 16.8. The Morgan fingerprint density at radius 3 is 2.61 bits per heavy atom. The molecule has 0 unspecified atom stereocenters. The van der Waals surface area contributed by atoms with Gasteiger partial charge in [-0.15, -0.1) is 0 Å². The van der Waals surface area contributed by atoms with Crippen LogP contribution in [0.25, 0.3) is 0 Å². The lowest BCUT2D eigenvalue weighted by atomic mass is 9.97. The van der Waals surface area contributed by atoms with Gasteiger partial charge in [0.05, 0.1) is 19.6 Å². The summed E-state index contributed by atoms with van der Waals surface area (Å²) in [7, 11) is 1.52. The zero-order valence-electron chi connectivity index (χ0n) is 12.9. The molecule has 0 aliphatic carbocycles. The third-order valence-corrected chi connectivity index (χ3v) is 3.93. The lowest BCUT2D eigenvalue weighted by Gasteiger charge is -2.30. The fourth-order valence-electron chi connectivity index (χ4n) is 2.51. The summed E-state index contributed by atoms with van der Waals surface area (Å²) in [6.07, 6.45) is 0.899. The second-order valence-electron chi connectivity index (χ2n) is 5.41. The number of benzene rings is 1. The maximum Gasteiger partial charge on any atom is 0.306 e. The van der Waals surface area contributed by atoms with Gasteiger partial charge in [0.15, 0.2) is 0 Å². The molecule has 0 saturated carbocycles. The Morgan fingerprint density at radius 2 is 2.00 bits per heavy atom. The summed E-state index contributed by atoms with van der Waals surface area (Å²) < 4.78 is 5.05. The van der Waals surface area contributed by atoms with Gasteiger partial charge in [-0.25, -0.2) is 0 Å². The Hall–Kier alpha value is -2.57. The van der Waals surface area contributed by atoms with Crippen molar-refractivity contribution in [2.75, 3.05) is 26.7 Å². The summed E-state index contributed by atoms with van der Waals surface area (Å²) in [6, 6.07) is 6.67. The number of piperidine rings is 1. The van der Waals surface area contributed by atoms with E-state index in [4.69, 9.17) is 9.84 Å². The Kier molecular flexibility index (Phi) is 5.56. The number of nitrogens with one attached hydrogen (secondary N) is 1.